The third kappa shape index (κ3) is 3.03. The monoisotopic (exact) mass is 447 g/mol. The summed E-state index contributed by atoms with van der Waals surface area (Å²) in [5.41, 5.74) is 10.5. The fourth-order valence-electron chi connectivity index (χ4n) is 5.41. The van der Waals surface area contributed by atoms with E-state index < -0.39 is 0 Å². The van der Waals surface area contributed by atoms with E-state index in [0.29, 0.717) is 23.1 Å². The molecule has 0 amide bonds. The van der Waals surface area contributed by atoms with Crippen LogP contribution in [0.25, 0.3) is 33.2 Å². The first-order chi connectivity index (χ1) is 15.5. The standard InChI is InChI=1S/C24H26ClN7/c1-31(2)19-8-4-13-3-7-17(21(25)22(13)29-19)18-11-28-24-23(18)27-12-20(30-24)32-15-5-6-16(32)10-14(26)9-15/h3-4,7-8,11-12,14-16H,5-6,9-10,26H2,1-2H3,(H,28,30). The largest absolute Gasteiger partial charge is 0.363 e. The summed E-state index contributed by atoms with van der Waals surface area (Å²) in [5.74, 6) is 1.81. The van der Waals surface area contributed by atoms with E-state index in [4.69, 9.17) is 32.3 Å². The van der Waals surface area contributed by atoms with Crippen molar-refractivity contribution in [2.75, 3.05) is 23.9 Å². The van der Waals surface area contributed by atoms with Crippen LogP contribution in [-0.4, -0.2) is 52.2 Å². The summed E-state index contributed by atoms with van der Waals surface area (Å²) in [6, 6.07) is 9.37. The van der Waals surface area contributed by atoms with Crippen molar-refractivity contribution in [1.29, 1.82) is 0 Å². The normalized spacial score (nSPS) is 22.8. The van der Waals surface area contributed by atoms with Crippen LogP contribution in [0, 0.1) is 0 Å². The van der Waals surface area contributed by atoms with Gasteiger partial charge in [-0.05, 0) is 37.8 Å². The molecule has 0 saturated carbocycles. The van der Waals surface area contributed by atoms with Crippen LogP contribution in [0.2, 0.25) is 5.02 Å². The number of pyridine rings is 1. The highest BCUT2D eigenvalue weighted by atomic mass is 35.5. The van der Waals surface area contributed by atoms with Crippen molar-refractivity contribution in [3.8, 4) is 11.1 Å². The molecule has 2 aliphatic rings. The van der Waals surface area contributed by atoms with Gasteiger partial charge in [-0.3, -0.25) is 0 Å². The Labute approximate surface area is 191 Å². The molecule has 6 rings (SSSR count). The lowest BCUT2D eigenvalue weighted by Crippen LogP contribution is -2.47. The topological polar surface area (TPSA) is 87.0 Å². The summed E-state index contributed by atoms with van der Waals surface area (Å²) in [4.78, 5) is 22.3. The molecule has 0 radical (unpaired) electrons. The first kappa shape index (κ1) is 19.8. The number of nitrogens with two attached hydrogens (primary N) is 1. The van der Waals surface area contributed by atoms with Gasteiger partial charge in [-0.2, -0.15) is 0 Å². The Hall–Kier alpha value is -2.90. The average Bonchev–Trinajstić information content (AvgIpc) is 3.32. The lowest BCUT2D eigenvalue weighted by atomic mass is 9.98. The number of aromatic amines is 1. The first-order valence-corrected chi connectivity index (χ1v) is 11.5. The van der Waals surface area contributed by atoms with E-state index in [1.165, 1.54) is 12.8 Å². The molecular formula is C24H26ClN7. The van der Waals surface area contributed by atoms with Gasteiger partial charge in [-0.1, -0.05) is 23.7 Å². The summed E-state index contributed by atoms with van der Waals surface area (Å²) in [5, 5.41) is 1.64. The second-order valence-corrected chi connectivity index (χ2v) is 9.59. The molecule has 3 aromatic heterocycles. The molecule has 2 fully saturated rings. The van der Waals surface area contributed by atoms with Crippen LogP contribution in [0.15, 0.2) is 36.7 Å². The predicted molar refractivity (Wildman–Crippen MR) is 130 cm³/mol. The number of benzene rings is 1. The van der Waals surface area contributed by atoms with Crippen molar-refractivity contribution in [3.05, 3.63) is 41.7 Å². The van der Waals surface area contributed by atoms with Crippen molar-refractivity contribution in [2.24, 2.45) is 5.73 Å². The number of hydrogen-bond acceptors (Lipinski definition) is 6. The molecule has 2 saturated heterocycles. The molecule has 4 aromatic rings. The third-order valence-electron chi connectivity index (χ3n) is 6.94. The molecule has 2 aliphatic heterocycles. The fourth-order valence-corrected chi connectivity index (χ4v) is 5.73. The number of H-pyrrole nitrogens is 1. The van der Waals surface area contributed by atoms with Gasteiger partial charge in [0.1, 0.15) is 17.2 Å². The number of rotatable bonds is 3. The Morgan fingerprint density at radius 2 is 1.78 bits per heavy atom. The van der Waals surface area contributed by atoms with E-state index in [0.717, 1.165) is 57.7 Å². The molecule has 164 valence electrons. The maximum absolute atomic E-state index is 6.86. The van der Waals surface area contributed by atoms with E-state index in [1.54, 1.807) is 0 Å². The maximum Gasteiger partial charge on any atom is 0.159 e. The molecule has 2 bridgehead atoms. The molecule has 1 aromatic carbocycles. The number of anilines is 2. The van der Waals surface area contributed by atoms with E-state index in [9.17, 15) is 0 Å². The highest BCUT2D eigenvalue weighted by molar-refractivity contribution is 6.38. The van der Waals surface area contributed by atoms with Crippen molar-refractivity contribution in [2.45, 2.75) is 43.8 Å². The number of nitrogens with zero attached hydrogens (tertiary/aromatic N) is 5. The number of piperidine rings is 1. The molecule has 3 N–H and O–H groups in total. The maximum atomic E-state index is 6.86. The van der Waals surface area contributed by atoms with E-state index >= 15 is 0 Å². The van der Waals surface area contributed by atoms with Gasteiger partial charge in [-0.25, -0.2) is 15.0 Å². The fraction of sp³-hybridized carbons (Fsp3) is 0.375. The minimum absolute atomic E-state index is 0.300. The van der Waals surface area contributed by atoms with Gasteiger partial charge in [0.15, 0.2) is 5.65 Å². The van der Waals surface area contributed by atoms with Crippen molar-refractivity contribution in [3.63, 3.8) is 0 Å². The van der Waals surface area contributed by atoms with Crippen LogP contribution < -0.4 is 15.5 Å². The van der Waals surface area contributed by atoms with Crippen LogP contribution in [0.3, 0.4) is 0 Å². The molecule has 2 atom stereocenters. The number of aromatic nitrogens is 4. The van der Waals surface area contributed by atoms with Crippen molar-refractivity contribution in [1.82, 2.24) is 19.9 Å². The Morgan fingerprint density at radius 3 is 2.53 bits per heavy atom. The lowest BCUT2D eigenvalue weighted by Gasteiger charge is -2.38. The average molecular weight is 448 g/mol. The van der Waals surface area contributed by atoms with Gasteiger partial charge in [0, 0.05) is 54.9 Å². The van der Waals surface area contributed by atoms with Crippen LogP contribution in [0.5, 0.6) is 0 Å². The van der Waals surface area contributed by atoms with Gasteiger partial charge in [0.05, 0.1) is 16.7 Å². The minimum atomic E-state index is 0.300. The lowest BCUT2D eigenvalue weighted by molar-refractivity contribution is 0.412. The number of hydrogen-bond donors (Lipinski definition) is 2. The third-order valence-corrected chi connectivity index (χ3v) is 7.32. The number of halogens is 1. The van der Waals surface area contributed by atoms with Gasteiger partial charge < -0.3 is 20.5 Å². The summed E-state index contributed by atoms with van der Waals surface area (Å²) in [7, 11) is 3.95. The molecular weight excluding hydrogens is 422 g/mol. The first-order valence-electron chi connectivity index (χ1n) is 11.1. The van der Waals surface area contributed by atoms with Gasteiger partial charge in [-0.15, -0.1) is 0 Å². The second-order valence-electron chi connectivity index (χ2n) is 9.21. The van der Waals surface area contributed by atoms with Crippen molar-refractivity contribution >= 4 is 45.3 Å². The molecule has 7 nitrogen and oxygen atoms in total. The number of nitrogens with one attached hydrogen (secondary N) is 1. The highest BCUT2D eigenvalue weighted by Crippen LogP contribution is 2.40. The van der Waals surface area contributed by atoms with Crippen molar-refractivity contribution < 1.29 is 0 Å². The van der Waals surface area contributed by atoms with Crippen LogP contribution >= 0.6 is 11.6 Å². The molecule has 32 heavy (non-hydrogen) atoms. The minimum Gasteiger partial charge on any atom is -0.363 e. The SMILES string of the molecule is CN(C)c1ccc2ccc(-c3c[nH]c4nc(N5C6CCC5CC(N)C6)cnc34)c(Cl)c2n1. The molecule has 2 unspecified atom stereocenters. The quantitative estimate of drug-likeness (QED) is 0.485. The Kier molecular flexibility index (Phi) is 4.52. The predicted octanol–water partition coefficient (Wildman–Crippen LogP) is 4.35. The Bertz CT molecular complexity index is 1320. The Morgan fingerprint density at radius 1 is 1.03 bits per heavy atom. The highest BCUT2D eigenvalue weighted by Gasteiger charge is 2.40. The zero-order valence-corrected chi connectivity index (χ0v) is 19.0. The smallest absolute Gasteiger partial charge is 0.159 e. The van der Waals surface area contributed by atoms with E-state index in [1.807, 2.05) is 49.6 Å². The molecule has 0 aliphatic carbocycles. The summed E-state index contributed by atoms with van der Waals surface area (Å²) < 4.78 is 0. The second kappa shape index (κ2) is 7.32. The van der Waals surface area contributed by atoms with Gasteiger partial charge >= 0.3 is 0 Å². The summed E-state index contributed by atoms with van der Waals surface area (Å²) >= 11 is 6.86. The van der Waals surface area contributed by atoms with Crippen LogP contribution in [-0.2, 0) is 0 Å². The Balaban J connectivity index is 1.42. The number of fused-ring (bicyclic) bond motifs is 4. The van der Waals surface area contributed by atoms with Gasteiger partial charge in [0.2, 0.25) is 0 Å². The molecule has 8 heteroatoms. The summed E-state index contributed by atoms with van der Waals surface area (Å²) in [6.45, 7) is 0. The van der Waals surface area contributed by atoms with E-state index in [-0.39, 0.29) is 0 Å². The molecule has 0 spiro atoms. The zero-order chi connectivity index (χ0) is 22.0. The van der Waals surface area contributed by atoms with Crippen LogP contribution in [0.4, 0.5) is 11.6 Å². The zero-order valence-electron chi connectivity index (χ0n) is 18.2. The summed E-state index contributed by atoms with van der Waals surface area (Å²) in [6.07, 6.45) is 8.27. The van der Waals surface area contributed by atoms with Gasteiger partial charge in [0.25, 0.3) is 0 Å². The van der Waals surface area contributed by atoms with E-state index in [2.05, 4.69) is 16.0 Å². The molecule has 5 heterocycles. The van der Waals surface area contributed by atoms with Crippen LogP contribution in [0.1, 0.15) is 25.7 Å².